The highest BCUT2D eigenvalue weighted by Crippen LogP contribution is 2.25. The van der Waals surface area contributed by atoms with Crippen LogP contribution in [0.4, 0.5) is 17.1 Å². The maximum Gasteiger partial charge on any atom is 0.239 e. The van der Waals surface area contributed by atoms with E-state index in [4.69, 9.17) is 0 Å². The summed E-state index contributed by atoms with van der Waals surface area (Å²) in [7, 11) is 0. The van der Waals surface area contributed by atoms with Gasteiger partial charge in [0.1, 0.15) is 5.41 Å². The van der Waals surface area contributed by atoms with Gasteiger partial charge >= 0.3 is 0 Å². The first-order chi connectivity index (χ1) is 13.8. The van der Waals surface area contributed by atoms with Crippen molar-refractivity contribution >= 4 is 34.7 Å². The van der Waals surface area contributed by atoms with Gasteiger partial charge < -0.3 is 15.5 Å². The van der Waals surface area contributed by atoms with E-state index in [1.807, 2.05) is 24.3 Å². The van der Waals surface area contributed by atoms with Crippen molar-refractivity contribution in [1.82, 2.24) is 0 Å². The van der Waals surface area contributed by atoms with Gasteiger partial charge in [-0.2, -0.15) is 0 Å². The Morgan fingerprint density at radius 3 is 1.69 bits per heavy atom. The molecule has 0 unspecified atom stereocenters. The Morgan fingerprint density at radius 1 is 0.793 bits per heavy atom. The quantitative estimate of drug-likeness (QED) is 0.572. The molecule has 0 atom stereocenters. The highest BCUT2D eigenvalue weighted by molar-refractivity contribution is 6.14. The lowest BCUT2D eigenvalue weighted by Crippen LogP contribution is -2.41. The minimum Gasteiger partial charge on any atom is -0.372 e. The highest BCUT2D eigenvalue weighted by atomic mass is 16.2. The molecule has 1 fully saturated rings. The second-order valence-electron chi connectivity index (χ2n) is 7.91. The molecule has 1 aliphatic heterocycles. The maximum atomic E-state index is 12.7. The molecule has 1 saturated heterocycles. The number of benzene rings is 2. The van der Waals surface area contributed by atoms with Gasteiger partial charge in [-0.05, 0) is 82.1 Å². The zero-order valence-corrected chi connectivity index (χ0v) is 17.1. The Kier molecular flexibility index (Phi) is 6.01. The molecule has 2 amide bonds. The van der Waals surface area contributed by atoms with Crippen molar-refractivity contribution in [3.05, 3.63) is 54.1 Å². The number of nitrogens with one attached hydrogen (secondary N) is 2. The molecule has 0 saturated carbocycles. The van der Waals surface area contributed by atoms with Crippen LogP contribution in [0.1, 0.15) is 44.0 Å². The number of amides is 2. The Morgan fingerprint density at radius 2 is 1.24 bits per heavy atom. The highest BCUT2D eigenvalue weighted by Gasteiger charge is 2.36. The van der Waals surface area contributed by atoms with E-state index in [1.165, 1.54) is 19.8 Å². The summed E-state index contributed by atoms with van der Waals surface area (Å²) in [6.45, 7) is 6.78. The molecular weight excluding hydrogens is 366 g/mol. The van der Waals surface area contributed by atoms with Crippen molar-refractivity contribution in [2.24, 2.45) is 5.41 Å². The number of hydrogen-bond acceptors (Lipinski definition) is 4. The summed E-state index contributed by atoms with van der Waals surface area (Å²) in [5.74, 6) is -0.845. The van der Waals surface area contributed by atoms with Crippen LogP contribution in [0, 0.1) is 5.41 Å². The van der Waals surface area contributed by atoms with Crippen molar-refractivity contribution < 1.29 is 14.4 Å². The second kappa shape index (κ2) is 8.47. The number of rotatable bonds is 6. The molecule has 1 heterocycles. The molecule has 6 nitrogen and oxygen atoms in total. The van der Waals surface area contributed by atoms with Gasteiger partial charge in [-0.1, -0.05) is 0 Å². The van der Waals surface area contributed by atoms with Crippen molar-refractivity contribution in [3.63, 3.8) is 0 Å². The van der Waals surface area contributed by atoms with Gasteiger partial charge in [0, 0.05) is 35.7 Å². The number of anilines is 3. The number of carbonyl (C=O) groups is 3. The standard InChI is InChI=1S/C23H27N3O3/c1-16(27)17-6-8-18(9-7-17)24-21(28)23(2,3)22(29)25-19-10-12-20(13-11-19)26-14-4-5-15-26/h6-13H,4-5,14-15H2,1-3H3,(H,24,28)(H,25,29). The first kappa shape index (κ1) is 20.6. The van der Waals surface area contributed by atoms with E-state index in [1.54, 1.807) is 38.1 Å². The molecule has 1 aliphatic rings. The zero-order valence-electron chi connectivity index (χ0n) is 17.1. The number of hydrogen-bond donors (Lipinski definition) is 2. The van der Waals surface area contributed by atoms with Gasteiger partial charge in [-0.15, -0.1) is 0 Å². The SMILES string of the molecule is CC(=O)c1ccc(NC(=O)C(C)(C)C(=O)Nc2ccc(N3CCCC3)cc2)cc1. The molecule has 0 aliphatic carbocycles. The van der Waals surface area contributed by atoms with Gasteiger partial charge in [0.05, 0.1) is 0 Å². The van der Waals surface area contributed by atoms with E-state index in [-0.39, 0.29) is 11.7 Å². The molecule has 2 aromatic rings. The average Bonchev–Trinajstić information content (AvgIpc) is 3.23. The summed E-state index contributed by atoms with van der Waals surface area (Å²) < 4.78 is 0. The van der Waals surface area contributed by atoms with Gasteiger partial charge in [-0.3, -0.25) is 14.4 Å². The predicted molar refractivity (Wildman–Crippen MR) is 115 cm³/mol. The van der Waals surface area contributed by atoms with Crippen LogP contribution >= 0.6 is 0 Å². The van der Waals surface area contributed by atoms with Gasteiger partial charge in [-0.25, -0.2) is 0 Å². The monoisotopic (exact) mass is 393 g/mol. The lowest BCUT2D eigenvalue weighted by atomic mass is 9.90. The molecule has 29 heavy (non-hydrogen) atoms. The fourth-order valence-electron chi connectivity index (χ4n) is 3.20. The smallest absolute Gasteiger partial charge is 0.239 e. The summed E-state index contributed by atoms with van der Waals surface area (Å²) in [4.78, 5) is 39.1. The van der Waals surface area contributed by atoms with Gasteiger partial charge in [0.2, 0.25) is 11.8 Å². The minimum absolute atomic E-state index is 0.0432. The number of carbonyl (C=O) groups excluding carboxylic acids is 3. The number of nitrogens with zero attached hydrogens (tertiary/aromatic N) is 1. The summed E-state index contributed by atoms with van der Waals surface area (Å²) in [5.41, 5.74) is 1.64. The lowest BCUT2D eigenvalue weighted by Gasteiger charge is -2.23. The summed E-state index contributed by atoms with van der Waals surface area (Å²) >= 11 is 0. The Hall–Kier alpha value is -3.15. The summed E-state index contributed by atoms with van der Waals surface area (Å²) in [5, 5.41) is 5.57. The Bertz CT molecular complexity index is 896. The van der Waals surface area contributed by atoms with Crippen molar-refractivity contribution in [3.8, 4) is 0 Å². The zero-order chi connectivity index (χ0) is 21.0. The summed E-state index contributed by atoms with van der Waals surface area (Å²) in [6.07, 6.45) is 2.42. The minimum atomic E-state index is -1.27. The third-order valence-corrected chi connectivity index (χ3v) is 5.28. The molecule has 0 radical (unpaired) electrons. The van der Waals surface area contributed by atoms with E-state index in [0.29, 0.717) is 16.9 Å². The van der Waals surface area contributed by atoms with E-state index in [9.17, 15) is 14.4 Å². The van der Waals surface area contributed by atoms with Crippen LogP contribution in [0.25, 0.3) is 0 Å². The lowest BCUT2D eigenvalue weighted by molar-refractivity contribution is -0.135. The molecule has 0 bridgehead atoms. The second-order valence-corrected chi connectivity index (χ2v) is 7.91. The van der Waals surface area contributed by atoms with Crippen LogP contribution in [-0.4, -0.2) is 30.7 Å². The third kappa shape index (κ3) is 4.83. The Balaban J connectivity index is 1.62. The van der Waals surface area contributed by atoms with E-state index in [2.05, 4.69) is 15.5 Å². The fourth-order valence-corrected chi connectivity index (χ4v) is 3.20. The number of Topliss-reactive ketones (excluding diaryl/α,β-unsaturated/α-hetero) is 1. The predicted octanol–water partition coefficient (Wildman–Crippen LogP) is 4.09. The van der Waals surface area contributed by atoms with Crippen LogP contribution in [0.3, 0.4) is 0 Å². The van der Waals surface area contributed by atoms with Crippen molar-refractivity contribution in [2.45, 2.75) is 33.6 Å². The molecule has 152 valence electrons. The van der Waals surface area contributed by atoms with Crippen LogP contribution in [0.5, 0.6) is 0 Å². The molecular formula is C23H27N3O3. The molecule has 2 aromatic carbocycles. The molecule has 0 aromatic heterocycles. The summed E-state index contributed by atoms with van der Waals surface area (Å²) in [6, 6.07) is 14.3. The molecule has 0 spiro atoms. The van der Waals surface area contributed by atoms with Crippen LogP contribution in [0.2, 0.25) is 0 Å². The van der Waals surface area contributed by atoms with Crippen LogP contribution in [-0.2, 0) is 9.59 Å². The molecule has 6 heteroatoms. The molecule has 2 N–H and O–H groups in total. The maximum absolute atomic E-state index is 12.7. The van der Waals surface area contributed by atoms with E-state index >= 15 is 0 Å². The first-order valence-electron chi connectivity index (χ1n) is 9.86. The topological polar surface area (TPSA) is 78.5 Å². The van der Waals surface area contributed by atoms with Gasteiger partial charge in [0.25, 0.3) is 0 Å². The Labute approximate surface area is 171 Å². The van der Waals surface area contributed by atoms with E-state index < -0.39 is 11.3 Å². The van der Waals surface area contributed by atoms with Crippen molar-refractivity contribution in [2.75, 3.05) is 28.6 Å². The van der Waals surface area contributed by atoms with Gasteiger partial charge in [0.15, 0.2) is 5.78 Å². The van der Waals surface area contributed by atoms with Crippen molar-refractivity contribution in [1.29, 1.82) is 0 Å². The molecule has 3 rings (SSSR count). The van der Waals surface area contributed by atoms with E-state index in [0.717, 1.165) is 18.8 Å². The largest absolute Gasteiger partial charge is 0.372 e. The normalized spacial score (nSPS) is 13.8. The average molecular weight is 393 g/mol. The van der Waals surface area contributed by atoms with Crippen LogP contribution < -0.4 is 15.5 Å². The number of ketones is 1. The third-order valence-electron chi connectivity index (χ3n) is 5.28. The first-order valence-corrected chi connectivity index (χ1v) is 9.86. The van der Waals surface area contributed by atoms with Crippen LogP contribution in [0.15, 0.2) is 48.5 Å². The fraction of sp³-hybridized carbons (Fsp3) is 0.348.